The van der Waals surface area contributed by atoms with Crippen molar-refractivity contribution in [3.63, 3.8) is 0 Å². The Morgan fingerprint density at radius 2 is 1.96 bits per heavy atom. The van der Waals surface area contributed by atoms with Crippen molar-refractivity contribution in [2.45, 2.75) is 51.6 Å². The highest BCUT2D eigenvalue weighted by Crippen LogP contribution is 2.39. The van der Waals surface area contributed by atoms with Crippen LogP contribution in [0.15, 0.2) is 12.1 Å². The van der Waals surface area contributed by atoms with E-state index in [9.17, 15) is 0 Å². The lowest BCUT2D eigenvalue weighted by molar-refractivity contribution is 0.181. The van der Waals surface area contributed by atoms with Crippen molar-refractivity contribution in [3.8, 4) is 11.5 Å². The standard InChI is InChI=1S/C21H27ClN2O2/c1-14(8-11-24-9-3-4-10-24)26-20-13-18-16(12-19(20)25-2)21(22)15-6-5-7-17(15)23-18/h12-14H,3-11H2,1-2H3. The van der Waals surface area contributed by atoms with Crippen LogP contribution in [0.4, 0.5) is 0 Å². The Hall–Kier alpha value is -1.52. The molecule has 0 bridgehead atoms. The van der Waals surface area contributed by atoms with Gasteiger partial charge in [0.1, 0.15) is 0 Å². The number of ether oxygens (including phenoxy) is 2. The van der Waals surface area contributed by atoms with Gasteiger partial charge in [-0.15, -0.1) is 0 Å². The third-order valence-electron chi connectivity index (χ3n) is 5.61. The first kappa shape index (κ1) is 17.9. The number of fused-ring (bicyclic) bond motifs is 2. The van der Waals surface area contributed by atoms with Gasteiger partial charge in [-0.25, -0.2) is 0 Å². The number of likely N-dealkylation sites (tertiary alicyclic amines) is 1. The molecule has 2 aromatic rings. The minimum Gasteiger partial charge on any atom is -0.493 e. The van der Waals surface area contributed by atoms with Crippen LogP contribution in [-0.2, 0) is 12.8 Å². The zero-order valence-corrected chi connectivity index (χ0v) is 16.4. The second-order valence-corrected chi connectivity index (χ2v) is 7.87. The Bertz CT molecular complexity index is 802. The van der Waals surface area contributed by atoms with Crippen LogP contribution in [0.3, 0.4) is 0 Å². The minimum absolute atomic E-state index is 0.131. The first-order chi connectivity index (χ1) is 12.7. The van der Waals surface area contributed by atoms with Crippen LogP contribution in [0.5, 0.6) is 11.5 Å². The molecule has 1 saturated heterocycles. The third kappa shape index (κ3) is 3.49. The van der Waals surface area contributed by atoms with Crippen molar-refractivity contribution in [1.82, 2.24) is 9.88 Å². The Morgan fingerprint density at radius 1 is 1.15 bits per heavy atom. The molecule has 0 N–H and O–H groups in total. The SMILES string of the molecule is COc1cc2c(Cl)c3c(nc2cc1OC(C)CCN1CCCC1)CCC3. The summed E-state index contributed by atoms with van der Waals surface area (Å²) in [4.78, 5) is 7.36. The lowest BCUT2D eigenvalue weighted by Gasteiger charge is -2.21. The summed E-state index contributed by atoms with van der Waals surface area (Å²) in [6.07, 6.45) is 6.96. The fraction of sp³-hybridized carbons (Fsp3) is 0.571. The van der Waals surface area contributed by atoms with Crippen molar-refractivity contribution in [1.29, 1.82) is 0 Å². The summed E-state index contributed by atoms with van der Waals surface area (Å²) in [7, 11) is 1.68. The quantitative estimate of drug-likeness (QED) is 0.737. The van der Waals surface area contributed by atoms with Gasteiger partial charge in [0.05, 0.1) is 23.8 Å². The summed E-state index contributed by atoms with van der Waals surface area (Å²) in [5, 5.41) is 1.79. The number of methoxy groups -OCH3 is 1. The monoisotopic (exact) mass is 374 g/mol. The molecule has 0 radical (unpaired) electrons. The highest BCUT2D eigenvalue weighted by atomic mass is 35.5. The molecule has 1 aliphatic carbocycles. The second-order valence-electron chi connectivity index (χ2n) is 7.49. The van der Waals surface area contributed by atoms with Crippen molar-refractivity contribution >= 4 is 22.5 Å². The van der Waals surface area contributed by atoms with E-state index in [0.717, 1.165) is 65.3 Å². The van der Waals surface area contributed by atoms with Crippen LogP contribution in [0.1, 0.15) is 43.9 Å². The molecule has 26 heavy (non-hydrogen) atoms. The number of nitrogens with zero attached hydrogens (tertiary/aromatic N) is 2. The maximum absolute atomic E-state index is 6.65. The Balaban J connectivity index is 1.56. The third-order valence-corrected chi connectivity index (χ3v) is 6.04. The van der Waals surface area contributed by atoms with E-state index >= 15 is 0 Å². The zero-order chi connectivity index (χ0) is 18.1. The maximum Gasteiger partial charge on any atom is 0.163 e. The number of aryl methyl sites for hydroxylation is 1. The van der Waals surface area contributed by atoms with Crippen LogP contribution in [0, 0.1) is 0 Å². The van der Waals surface area contributed by atoms with E-state index in [1.807, 2.05) is 12.1 Å². The van der Waals surface area contributed by atoms with E-state index < -0.39 is 0 Å². The average Bonchev–Trinajstić information content (AvgIpc) is 3.31. The first-order valence-corrected chi connectivity index (χ1v) is 10.1. The van der Waals surface area contributed by atoms with E-state index in [4.69, 9.17) is 26.1 Å². The van der Waals surface area contributed by atoms with Gasteiger partial charge in [0.15, 0.2) is 11.5 Å². The van der Waals surface area contributed by atoms with Crippen molar-refractivity contribution in [2.75, 3.05) is 26.7 Å². The van der Waals surface area contributed by atoms with Crippen molar-refractivity contribution in [3.05, 3.63) is 28.4 Å². The van der Waals surface area contributed by atoms with Gasteiger partial charge in [0.2, 0.25) is 0 Å². The molecular formula is C21H27ClN2O2. The number of hydrogen-bond donors (Lipinski definition) is 0. The molecule has 4 rings (SSSR count). The molecule has 0 amide bonds. The normalized spacial score (nSPS) is 18.3. The van der Waals surface area contributed by atoms with Crippen molar-refractivity contribution < 1.29 is 9.47 Å². The van der Waals surface area contributed by atoms with Gasteiger partial charge in [-0.3, -0.25) is 4.98 Å². The van der Waals surface area contributed by atoms with Gasteiger partial charge in [-0.05, 0) is 70.2 Å². The first-order valence-electron chi connectivity index (χ1n) is 9.73. The van der Waals surface area contributed by atoms with Gasteiger partial charge in [0, 0.05) is 23.7 Å². The minimum atomic E-state index is 0.131. The van der Waals surface area contributed by atoms with Crippen LogP contribution < -0.4 is 9.47 Å². The molecule has 0 spiro atoms. The Kier molecular flexibility index (Phi) is 5.23. The molecular weight excluding hydrogens is 348 g/mol. The molecule has 1 aliphatic heterocycles. The van der Waals surface area contributed by atoms with Gasteiger partial charge in [-0.1, -0.05) is 11.6 Å². The number of benzene rings is 1. The molecule has 4 nitrogen and oxygen atoms in total. The lowest BCUT2D eigenvalue weighted by Crippen LogP contribution is -2.25. The van der Waals surface area contributed by atoms with Crippen LogP contribution in [0.25, 0.3) is 10.9 Å². The van der Waals surface area contributed by atoms with E-state index in [2.05, 4.69) is 11.8 Å². The van der Waals surface area contributed by atoms with Crippen LogP contribution in [-0.4, -0.2) is 42.7 Å². The maximum atomic E-state index is 6.65. The number of hydrogen-bond acceptors (Lipinski definition) is 4. The smallest absolute Gasteiger partial charge is 0.163 e. The lowest BCUT2D eigenvalue weighted by atomic mass is 10.1. The molecule has 1 aromatic carbocycles. The molecule has 1 atom stereocenters. The van der Waals surface area contributed by atoms with E-state index in [1.54, 1.807) is 7.11 Å². The van der Waals surface area contributed by atoms with Crippen LogP contribution in [0.2, 0.25) is 5.02 Å². The fourth-order valence-corrected chi connectivity index (χ4v) is 4.47. The second kappa shape index (κ2) is 7.61. The molecule has 1 fully saturated rings. The summed E-state index contributed by atoms with van der Waals surface area (Å²) in [5.41, 5.74) is 3.24. The average molecular weight is 375 g/mol. The van der Waals surface area contributed by atoms with E-state index in [-0.39, 0.29) is 6.10 Å². The van der Waals surface area contributed by atoms with Gasteiger partial charge < -0.3 is 14.4 Å². The van der Waals surface area contributed by atoms with Gasteiger partial charge in [0.25, 0.3) is 0 Å². The number of aromatic nitrogens is 1. The molecule has 2 heterocycles. The number of halogens is 1. The highest BCUT2D eigenvalue weighted by Gasteiger charge is 2.21. The molecule has 1 aromatic heterocycles. The Labute approximate surface area is 160 Å². The van der Waals surface area contributed by atoms with E-state index in [1.165, 1.54) is 31.5 Å². The van der Waals surface area contributed by atoms with Gasteiger partial charge >= 0.3 is 0 Å². The summed E-state index contributed by atoms with van der Waals surface area (Å²) in [6, 6.07) is 3.97. The molecule has 1 unspecified atom stereocenters. The number of pyridine rings is 1. The summed E-state index contributed by atoms with van der Waals surface area (Å²) >= 11 is 6.65. The molecule has 0 saturated carbocycles. The Morgan fingerprint density at radius 3 is 2.73 bits per heavy atom. The summed E-state index contributed by atoms with van der Waals surface area (Å²) in [6.45, 7) is 5.66. The topological polar surface area (TPSA) is 34.6 Å². The predicted molar refractivity (Wildman–Crippen MR) is 106 cm³/mol. The zero-order valence-electron chi connectivity index (χ0n) is 15.7. The highest BCUT2D eigenvalue weighted by molar-refractivity contribution is 6.36. The van der Waals surface area contributed by atoms with Gasteiger partial charge in [-0.2, -0.15) is 0 Å². The fourth-order valence-electron chi connectivity index (χ4n) is 4.11. The van der Waals surface area contributed by atoms with Crippen molar-refractivity contribution in [2.24, 2.45) is 0 Å². The van der Waals surface area contributed by atoms with Crippen LogP contribution >= 0.6 is 11.6 Å². The molecule has 140 valence electrons. The molecule has 5 heteroatoms. The van der Waals surface area contributed by atoms with E-state index in [0.29, 0.717) is 0 Å². The largest absolute Gasteiger partial charge is 0.493 e. The molecule has 2 aliphatic rings. The summed E-state index contributed by atoms with van der Waals surface area (Å²) in [5.74, 6) is 1.49. The summed E-state index contributed by atoms with van der Waals surface area (Å²) < 4.78 is 11.8. The predicted octanol–water partition coefficient (Wildman–Crippen LogP) is 4.64. The number of rotatable bonds is 6.